The Morgan fingerprint density at radius 1 is 0.938 bits per heavy atom. The van der Waals surface area contributed by atoms with Gasteiger partial charge in [-0.3, -0.25) is 4.79 Å². The minimum Gasteiger partial charge on any atom is -0.322 e. The minimum absolute atomic E-state index is 0.122. The van der Waals surface area contributed by atoms with Crippen molar-refractivity contribution in [2.45, 2.75) is 23.9 Å². The van der Waals surface area contributed by atoms with Gasteiger partial charge in [0.05, 0.1) is 0 Å². The predicted octanol–water partition coefficient (Wildman–Crippen LogP) is 5.60. The largest absolute Gasteiger partial charge is 0.322 e. The summed E-state index contributed by atoms with van der Waals surface area (Å²) >= 11 is 1.61. The molecule has 0 bridgehead atoms. The molecule has 160 valence electrons. The summed E-state index contributed by atoms with van der Waals surface area (Å²) in [6.45, 7) is 4.53. The van der Waals surface area contributed by atoms with Gasteiger partial charge >= 0.3 is 0 Å². The average Bonchev–Trinajstić information content (AvgIpc) is 3.20. The number of carbonyl (C=O) groups is 1. The van der Waals surface area contributed by atoms with Crippen LogP contribution in [0.2, 0.25) is 0 Å². The maximum atomic E-state index is 12.6. The molecule has 0 atom stereocenters. The molecule has 0 aliphatic carbocycles. The lowest BCUT2D eigenvalue weighted by Gasteiger charge is -2.09. The highest BCUT2D eigenvalue weighted by atomic mass is 32.2. The topological polar surface area (TPSA) is 59.8 Å². The molecule has 0 fully saturated rings. The van der Waals surface area contributed by atoms with Crippen LogP contribution in [0.5, 0.6) is 0 Å². The quantitative estimate of drug-likeness (QED) is 0.272. The van der Waals surface area contributed by atoms with E-state index in [1.54, 1.807) is 11.8 Å². The number of aromatic nitrogens is 3. The van der Waals surface area contributed by atoms with Crippen molar-refractivity contribution in [2.75, 3.05) is 5.32 Å². The van der Waals surface area contributed by atoms with Crippen LogP contribution in [0.1, 0.15) is 27.3 Å². The lowest BCUT2D eigenvalue weighted by atomic mass is 10.1. The van der Waals surface area contributed by atoms with Gasteiger partial charge in [0, 0.05) is 30.0 Å². The Balaban J connectivity index is 1.45. The fourth-order valence-corrected chi connectivity index (χ4v) is 4.23. The fraction of sp³-hybridized carbons (Fsp3) is 0.115. The van der Waals surface area contributed by atoms with Crippen molar-refractivity contribution < 1.29 is 4.79 Å². The van der Waals surface area contributed by atoms with Crippen LogP contribution < -0.4 is 5.32 Å². The maximum Gasteiger partial charge on any atom is 0.255 e. The molecule has 32 heavy (non-hydrogen) atoms. The summed E-state index contributed by atoms with van der Waals surface area (Å²) in [6.07, 6.45) is 2.58. The number of hydrogen-bond acceptors (Lipinski definition) is 4. The molecule has 0 unspecified atom stereocenters. The van der Waals surface area contributed by atoms with Crippen molar-refractivity contribution in [2.24, 2.45) is 0 Å². The van der Waals surface area contributed by atoms with Gasteiger partial charge in [-0.1, -0.05) is 78.5 Å². The van der Waals surface area contributed by atoms with E-state index in [0.29, 0.717) is 17.9 Å². The highest BCUT2D eigenvalue weighted by Crippen LogP contribution is 2.24. The molecular weight excluding hydrogens is 416 g/mol. The first-order chi connectivity index (χ1) is 15.7. The number of allylic oxidation sites excluding steroid dienone is 1. The Bertz CT molecular complexity index is 1190. The molecule has 1 N–H and O–H groups in total. The van der Waals surface area contributed by atoms with Gasteiger partial charge in [0.25, 0.3) is 5.91 Å². The normalized spacial score (nSPS) is 10.6. The molecule has 5 nitrogen and oxygen atoms in total. The molecule has 0 aliphatic rings. The van der Waals surface area contributed by atoms with E-state index < -0.39 is 0 Å². The smallest absolute Gasteiger partial charge is 0.255 e. The van der Waals surface area contributed by atoms with E-state index in [9.17, 15) is 4.79 Å². The second-order valence-corrected chi connectivity index (χ2v) is 8.21. The van der Waals surface area contributed by atoms with Crippen molar-refractivity contribution in [1.29, 1.82) is 0 Å². The molecule has 6 heteroatoms. The number of thioether (sulfide) groups is 1. The second-order valence-electron chi connectivity index (χ2n) is 7.27. The van der Waals surface area contributed by atoms with Crippen molar-refractivity contribution >= 4 is 23.4 Å². The third-order valence-corrected chi connectivity index (χ3v) is 5.94. The van der Waals surface area contributed by atoms with Crippen LogP contribution in [0.25, 0.3) is 0 Å². The van der Waals surface area contributed by atoms with Crippen LogP contribution in [-0.4, -0.2) is 20.7 Å². The van der Waals surface area contributed by atoms with Gasteiger partial charge in [-0.15, -0.1) is 16.8 Å². The SMILES string of the molecule is C=CCn1c(Cc2ccccc2)nnc1SCc1cccc(C(=O)Nc2ccccc2)c1. The third-order valence-electron chi connectivity index (χ3n) is 4.90. The zero-order valence-corrected chi connectivity index (χ0v) is 18.5. The van der Waals surface area contributed by atoms with Gasteiger partial charge in [0.2, 0.25) is 0 Å². The lowest BCUT2D eigenvalue weighted by molar-refractivity contribution is 0.102. The summed E-state index contributed by atoms with van der Waals surface area (Å²) in [4.78, 5) is 12.6. The summed E-state index contributed by atoms with van der Waals surface area (Å²) in [5, 5.41) is 12.6. The third kappa shape index (κ3) is 5.53. The molecule has 0 aliphatic heterocycles. The Morgan fingerprint density at radius 3 is 2.41 bits per heavy atom. The van der Waals surface area contributed by atoms with E-state index in [2.05, 4.69) is 38.8 Å². The van der Waals surface area contributed by atoms with E-state index in [1.807, 2.05) is 78.9 Å². The standard InChI is InChI=1S/C26H24N4OS/c1-2-16-30-24(18-20-10-5-3-6-11-20)28-29-26(30)32-19-21-12-9-13-22(17-21)25(31)27-23-14-7-4-8-15-23/h2-15,17H,1,16,18-19H2,(H,27,31). The van der Waals surface area contributed by atoms with Gasteiger partial charge in [-0.25, -0.2) is 0 Å². The van der Waals surface area contributed by atoms with Gasteiger partial charge in [-0.05, 0) is 35.4 Å². The van der Waals surface area contributed by atoms with Crippen LogP contribution in [0.15, 0.2) is 103 Å². The second kappa shape index (κ2) is 10.6. The molecule has 1 aromatic heterocycles. The first kappa shape index (κ1) is 21.6. The number of rotatable bonds is 9. The predicted molar refractivity (Wildman–Crippen MR) is 130 cm³/mol. The van der Waals surface area contributed by atoms with Crippen LogP contribution in [0.3, 0.4) is 0 Å². The van der Waals surface area contributed by atoms with Gasteiger partial charge < -0.3 is 9.88 Å². The highest BCUT2D eigenvalue weighted by Gasteiger charge is 2.13. The number of carbonyl (C=O) groups excluding carboxylic acids is 1. The van der Waals surface area contributed by atoms with Crippen LogP contribution >= 0.6 is 11.8 Å². The zero-order chi connectivity index (χ0) is 22.2. The Labute approximate surface area is 192 Å². The molecule has 1 amide bonds. The maximum absolute atomic E-state index is 12.6. The number of hydrogen-bond donors (Lipinski definition) is 1. The van der Waals surface area contributed by atoms with Crippen LogP contribution in [-0.2, 0) is 18.7 Å². The monoisotopic (exact) mass is 440 g/mol. The molecule has 4 aromatic rings. The Hall–Kier alpha value is -3.64. The van der Waals surface area contributed by atoms with Crippen molar-refractivity contribution in [1.82, 2.24) is 14.8 Å². The van der Waals surface area contributed by atoms with Crippen molar-refractivity contribution in [3.8, 4) is 0 Å². The minimum atomic E-state index is -0.122. The number of benzene rings is 3. The fourth-order valence-electron chi connectivity index (χ4n) is 3.32. The van der Waals surface area contributed by atoms with Gasteiger partial charge in [0.1, 0.15) is 5.82 Å². The van der Waals surface area contributed by atoms with E-state index in [0.717, 1.165) is 28.7 Å². The van der Waals surface area contributed by atoms with E-state index in [-0.39, 0.29) is 5.91 Å². The average molecular weight is 441 g/mol. The number of anilines is 1. The molecule has 0 spiro atoms. The summed E-state index contributed by atoms with van der Waals surface area (Å²) in [7, 11) is 0. The van der Waals surface area contributed by atoms with E-state index in [1.165, 1.54) is 5.56 Å². The summed E-state index contributed by atoms with van der Waals surface area (Å²) in [5.41, 5.74) is 3.65. The van der Waals surface area contributed by atoms with Crippen LogP contribution in [0.4, 0.5) is 5.69 Å². The number of amides is 1. The Kier molecular flexibility index (Phi) is 7.15. The lowest BCUT2D eigenvalue weighted by Crippen LogP contribution is -2.11. The zero-order valence-electron chi connectivity index (χ0n) is 17.6. The van der Waals surface area contributed by atoms with E-state index >= 15 is 0 Å². The van der Waals surface area contributed by atoms with Gasteiger partial charge in [0.15, 0.2) is 5.16 Å². The first-order valence-electron chi connectivity index (χ1n) is 10.4. The molecule has 4 rings (SSSR count). The van der Waals surface area contributed by atoms with Crippen molar-refractivity contribution in [3.63, 3.8) is 0 Å². The molecule has 0 saturated carbocycles. The van der Waals surface area contributed by atoms with Crippen molar-refractivity contribution in [3.05, 3.63) is 120 Å². The number of nitrogens with one attached hydrogen (secondary N) is 1. The molecule has 0 radical (unpaired) electrons. The summed E-state index contributed by atoms with van der Waals surface area (Å²) in [5.74, 6) is 1.48. The first-order valence-corrected chi connectivity index (χ1v) is 11.4. The molecule has 0 saturated heterocycles. The summed E-state index contributed by atoms with van der Waals surface area (Å²) < 4.78 is 2.09. The molecule has 3 aromatic carbocycles. The van der Waals surface area contributed by atoms with E-state index in [4.69, 9.17) is 0 Å². The molecular formula is C26H24N4OS. The van der Waals surface area contributed by atoms with Crippen LogP contribution in [0, 0.1) is 0 Å². The number of nitrogens with zero attached hydrogens (tertiary/aromatic N) is 3. The highest BCUT2D eigenvalue weighted by molar-refractivity contribution is 7.98. The number of para-hydroxylation sites is 1. The van der Waals surface area contributed by atoms with Gasteiger partial charge in [-0.2, -0.15) is 0 Å². The Morgan fingerprint density at radius 2 is 1.66 bits per heavy atom. The molecule has 1 heterocycles. The summed E-state index contributed by atoms with van der Waals surface area (Å²) in [6, 6.07) is 27.4.